The van der Waals surface area contributed by atoms with Crippen molar-refractivity contribution >= 4 is 25.6 Å². The van der Waals surface area contributed by atoms with E-state index in [1.165, 1.54) is 0 Å². The van der Waals surface area contributed by atoms with E-state index in [1.807, 2.05) is 48.5 Å². The lowest BCUT2D eigenvalue weighted by molar-refractivity contribution is -0.185. The Balaban J connectivity index is 1.48. The average Bonchev–Trinajstić information content (AvgIpc) is 3.22. The third-order valence-electron chi connectivity index (χ3n) is 6.43. The predicted octanol–water partition coefficient (Wildman–Crippen LogP) is 4.07. The van der Waals surface area contributed by atoms with Crippen LogP contribution in [0, 0.1) is 5.92 Å². The Bertz CT molecular complexity index is 1020. The van der Waals surface area contributed by atoms with Crippen LogP contribution in [0.5, 0.6) is 5.75 Å². The van der Waals surface area contributed by atoms with E-state index in [0.29, 0.717) is 19.7 Å². The Morgan fingerprint density at radius 1 is 1.06 bits per heavy atom. The normalized spacial score (nSPS) is 20.1. The van der Waals surface area contributed by atoms with Crippen molar-refractivity contribution in [3.05, 3.63) is 59.7 Å². The molecular weight excluding hydrogens is 448 g/mol. The first kappa shape index (κ1) is 24.4. The number of anilines is 1. The second-order valence-corrected chi connectivity index (χ2v) is 15.8. The van der Waals surface area contributed by atoms with Crippen molar-refractivity contribution in [1.29, 1.82) is 0 Å². The number of hydroxylamine groups is 2. The van der Waals surface area contributed by atoms with Crippen LogP contribution in [0.3, 0.4) is 0 Å². The summed E-state index contributed by atoms with van der Waals surface area (Å²) in [4.78, 5) is 33.4. The average molecular weight is 483 g/mol. The summed E-state index contributed by atoms with van der Waals surface area (Å²) in [5.41, 5.74) is 2.77. The summed E-state index contributed by atoms with van der Waals surface area (Å²) >= 11 is 0. The van der Waals surface area contributed by atoms with Crippen LogP contribution in [0.25, 0.3) is 0 Å². The number of fused-ring (bicyclic) bond motifs is 3. The monoisotopic (exact) mass is 482 g/mol. The summed E-state index contributed by atoms with van der Waals surface area (Å²) < 4.78 is 11.4. The van der Waals surface area contributed by atoms with Crippen LogP contribution in [0.2, 0.25) is 25.7 Å². The molecule has 2 aromatic carbocycles. The Morgan fingerprint density at radius 2 is 1.79 bits per heavy atom. The number of methoxy groups -OCH3 is 1. The summed E-state index contributed by atoms with van der Waals surface area (Å²) in [6, 6.07) is 16.3. The SMILES string of the molecule is COc1ccc2c(c1)C1CN(OC(=O)Cc3ccccc3)CC1C(=O)N2COCC[Si](C)(C)C. The van der Waals surface area contributed by atoms with Crippen molar-refractivity contribution < 1.29 is 23.9 Å². The first-order valence-electron chi connectivity index (χ1n) is 11.8. The van der Waals surface area contributed by atoms with Crippen LogP contribution in [-0.2, 0) is 25.6 Å². The molecule has 0 N–H and O–H groups in total. The molecule has 2 aliphatic rings. The fourth-order valence-electron chi connectivity index (χ4n) is 4.54. The van der Waals surface area contributed by atoms with Gasteiger partial charge in [-0.15, -0.1) is 5.06 Å². The quantitative estimate of drug-likeness (QED) is 0.396. The zero-order chi connectivity index (χ0) is 24.3. The first-order chi connectivity index (χ1) is 16.2. The van der Waals surface area contributed by atoms with Gasteiger partial charge in [0.2, 0.25) is 5.91 Å². The molecule has 182 valence electrons. The predicted molar refractivity (Wildman–Crippen MR) is 133 cm³/mol. The van der Waals surface area contributed by atoms with Crippen LogP contribution in [0.4, 0.5) is 5.69 Å². The van der Waals surface area contributed by atoms with Crippen molar-refractivity contribution in [1.82, 2.24) is 5.06 Å². The van der Waals surface area contributed by atoms with Crippen LogP contribution in [0.15, 0.2) is 48.5 Å². The number of hydrogen-bond donors (Lipinski definition) is 0. The molecule has 2 aromatic rings. The molecule has 0 spiro atoms. The van der Waals surface area contributed by atoms with Crippen molar-refractivity contribution in [3.63, 3.8) is 0 Å². The van der Waals surface area contributed by atoms with E-state index in [2.05, 4.69) is 19.6 Å². The van der Waals surface area contributed by atoms with Gasteiger partial charge in [0.1, 0.15) is 12.5 Å². The van der Waals surface area contributed by atoms with Crippen LogP contribution < -0.4 is 9.64 Å². The standard InChI is InChI=1S/C26H34N2O5Si/c1-31-20-10-11-24-21(15-20)22-16-27(33-25(29)14-19-8-6-5-7-9-19)17-23(22)26(30)28(24)18-32-12-13-34(2,3)4/h5-11,15,22-23H,12-14,16-18H2,1-4H3. The van der Waals surface area contributed by atoms with Gasteiger partial charge in [-0.2, -0.15) is 0 Å². The minimum atomic E-state index is -1.22. The minimum Gasteiger partial charge on any atom is -0.497 e. The molecule has 2 atom stereocenters. The largest absolute Gasteiger partial charge is 0.497 e. The van der Waals surface area contributed by atoms with E-state index in [-0.39, 0.29) is 36.9 Å². The van der Waals surface area contributed by atoms with Gasteiger partial charge in [-0.05, 0) is 35.4 Å². The number of carbonyl (C=O) groups is 2. The van der Waals surface area contributed by atoms with E-state index in [1.54, 1.807) is 17.1 Å². The third kappa shape index (κ3) is 5.68. The first-order valence-corrected chi connectivity index (χ1v) is 15.5. The molecule has 0 saturated carbocycles. The van der Waals surface area contributed by atoms with Gasteiger partial charge in [0.25, 0.3) is 0 Å². The zero-order valence-electron chi connectivity index (χ0n) is 20.5. The summed E-state index contributed by atoms with van der Waals surface area (Å²) in [7, 11) is 0.416. The molecule has 2 unspecified atom stereocenters. The molecule has 1 saturated heterocycles. The lowest BCUT2D eigenvalue weighted by atomic mass is 9.83. The number of ether oxygens (including phenoxy) is 2. The number of nitrogens with zero attached hydrogens (tertiary/aromatic N) is 2. The number of benzene rings is 2. The maximum absolute atomic E-state index is 13.5. The van der Waals surface area contributed by atoms with Crippen molar-refractivity contribution in [2.45, 2.75) is 38.0 Å². The molecule has 1 amide bonds. The van der Waals surface area contributed by atoms with E-state index >= 15 is 0 Å². The van der Waals surface area contributed by atoms with E-state index in [4.69, 9.17) is 14.3 Å². The molecule has 8 heteroatoms. The highest BCUT2D eigenvalue weighted by Gasteiger charge is 2.47. The topological polar surface area (TPSA) is 68.3 Å². The van der Waals surface area contributed by atoms with Gasteiger partial charge in [-0.1, -0.05) is 50.0 Å². The maximum Gasteiger partial charge on any atom is 0.329 e. The smallest absolute Gasteiger partial charge is 0.329 e. The number of amides is 1. The highest BCUT2D eigenvalue weighted by atomic mass is 28.3. The van der Waals surface area contributed by atoms with Gasteiger partial charge in [0.15, 0.2) is 0 Å². The molecular formula is C26H34N2O5Si. The molecule has 1 fully saturated rings. The second-order valence-electron chi connectivity index (χ2n) is 10.2. The van der Waals surface area contributed by atoms with Crippen molar-refractivity contribution in [2.24, 2.45) is 5.92 Å². The minimum absolute atomic E-state index is 0.0114. The highest BCUT2D eigenvalue weighted by molar-refractivity contribution is 6.76. The van der Waals surface area contributed by atoms with E-state index in [0.717, 1.165) is 28.6 Å². The van der Waals surface area contributed by atoms with Crippen molar-refractivity contribution in [3.8, 4) is 5.75 Å². The molecule has 0 bridgehead atoms. The van der Waals surface area contributed by atoms with Gasteiger partial charge >= 0.3 is 5.97 Å². The lowest BCUT2D eigenvalue weighted by Gasteiger charge is -2.35. The molecule has 4 rings (SSSR count). The molecule has 0 aromatic heterocycles. The highest BCUT2D eigenvalue weighted by Crippen LogP contribution is 2.45. The van der Waals surface area contributed by atoms with Crippen LogP contribution in [-0.4, -0.2) is 58.6 Å². The van der Waals surface area contributed by atoms with E-state index < -0.39 is 8.07 Å². The third-order valence-corrected chi connectivity index (χ3v) is 8.14. The van der Waals surface area contributed by atoms with Gasteiger partial charge in [0, 0.05) is 39.4 Å². The maximum atomic E-state index is 13.5. The molecule has 2 heterocycles. The van der Waals surface area contributed by atoms with Crippen LogP contribution >= 0.6 is 0 Å². The second kappa shape index (κ2) is 10.3. The molecule has 34 heavy (non-hydrogen) atoms. The Labute approximate surface area is 202 Å². The fraction of sp³-hybridized carbons (Fsp3) is 0.462. The van der Waals surface area contributed by atoms with Crippen LogP contribution in [0.1, 0.15) is 17.0 Å². The van der Waals surface area contributed by atoms with Gasteiger partial charge in [-0.3, -0.25) is 9.69 Å². The summed E-state index contributed by atoms with van der Waals surface area (Å²) in [6.45, 7) is 8.62. The number of hydrogen-bond acceptors (Lipinski definition) is 6. The molecule has 0 radical (unpaired) electrons. The molecule has 2 aliphatic heterocycles. The Morgan fingerprint density at radius 3 is 2.50 bits per heavy atom. The van der Waals surface area contributed by atoms with Gasteiger partial charge in [0.05, 0.1) is 19.4 Å². The Kier molecular flexibility index (Phi) is 7.40. The number of carbonyl (C=O) groups excluding carboxylic acids is 2. The lowest BCUT2D eigenvalue weighted by Crippen LogP contribution is -2.44. The van der Waals surface area contributed by atoms with Gasteiger partial charge in [-0.25, -0.2) is 4.79 Å². The molecule has 7 nitrogen and oxygen atoms in total. The summed E-state index contributed by atoms with van der Waals surface area (Å²) in [6.07, 6.45) is 0.197. The van der Waals surface area contributed by atoms with Crippen molar-refractivity contribution in [2.75, 3.05) is 38.4 Å². The zero-order valence-corrected chi connectivity index (χ0v) is 21.5. The fourth-order valence-corrected chi connectivity index (χ4v) is 5.29. The van der Waals surface area contributed by atoms with Gasteiger partial charge < -0.3 is 14.3 Å². The summed E-state index contributed by atoms with van der Waals surface area (Å²) in [5, 5.41) is 1.64. The van der Waals surface area contributed by atoms with E-state index in [9.17, 15) is 9.59 Å². The number of rotatable bonds is 9. The Hall–Kier alpha value is -2.68. The summed E-state index contributed by atoms with van der Waals surface area (Å²) in [5.74, 6) is 0.0584. The molecule has 0 aliphatic carbocycles.